The smallest absolute Gasteiger partial charge is 0.407 e. The molecule has 0 radical (unpaired) electrons. The van der Waals surface area contributed by atoms with E-state index in [4.69, 9.17) is 8.92 Å². The number of hydrogen-bond donors (Lipinski definition) is 1. The first-order chi connectivity index (χ1) is 11.2. The topological polar surface area (TPSA) is 84.9 Å². The third-order valence-corrected chi connectivity index (χ3v) is 4.36. The van der Waals surface area contributed by atoms with Gasteiger partial charge in [0.1, 0.15) is 11.7 Å². The molecule has 0 aliphatic carbocycles. The van der Waals surface area contributed by atoms with Crippen molar-refractivity contribution in [2.75, 3.05) is 17.4 Å². The molecule has 1 fully saturated rings. The third kappa shape index (κ3) is 5.04. The summed E-state index contributed by atoms with van der Waals surface area (Å²) in [4.78, 5) is 22.9. The highest BCUT2D eigenvalue weighted by Crippen LogP contribution is 2.24. The molecule has 24 heavy (non-hydrogen) atoms. The van der Waals surface area contributed by atoms with Crippen LogP contribution in [-0.4, -0.2) is 40.9 Å². The van der Waals surface area contributed by atoms with Crippen LogP contribution in [0.25, 0.3) is 0 Å². The standard InChI is InChI=1S/C16H22N2O5S/c1-11(19)12-5-7-13(8-6-12)18-10-14(23-24(18)21)9-17-15(20)22-16(2,3)4/h5-8,14H,9-10H2,1-4H3,(H,17,20)/t14-,24-/m0/s1. The molecule has 1 amide bonds. The number of Topliss-reactive ketones (excluding diaryl/α,β-unsaturated/α-hetero) is 1. The van der Waals surface area contributed by atoms with Gasteiger partial charge in [0.15, 0.2) is 5.78 Å². The number of benzene rings is 1. The maximum absolute atomic E-state index is 12.1. The van der Waals surface area contributed by atoms with Gasteiger partial charge in [0.2, 0.25) is 0 Å². The van der Waals surface area contributed by atoms with Crippen LogP contribution in [-0.2, 0) is 20.2 Å². The number of alkyl carbamates (subject to hydrolysis) is 1. The molecule has 2 rings (SSSR count). The second kappa shape index (κ2) is 7.31. The van der Waals surface area contributed by atoms with Crippen molar-refractivity contribution in [3.05, 3.63) is 29.8 Å². The average Bonchev–Trinajstić information content (AvgIpc) is 2.84. The highest BCUT2D eigenvalue weighted by atomic mass is 32.2. The van der Waals surface area contributed by atoms with Crippen LogP contribution in [0.2, 0.25) is 0 Å². The lowest BCUT2D eigenvalue weighted by atomic mass is 10.1. The second-order valence-electron chi connectivity index (χ2n) is 6.48. The molecule has 1 heterocycles. The Morgan fingerprint density at radius 3 is 2.50 bits per heavy atom. The summed E-state index contributed by atoms with van der Waals surface area (Å²) in [7, 11) is 0. The average molecular weight is 354 g/mol. The number of nitrogens with one attached hydrogen (secondary N) is 1. The van der Waals surface area contributed by atoms with Crippen molar-refractivity contribution in [2.45, 2.75) is 39.4 Å². The van der Waals surface area contributed by atoms with E-state index in [0.717, 1.165) is 0 Å². The van der Waals surface area contributed by atoms with Crippen LogP contribution in [0.5, 0.6) is 0 Å². The quantitative estimate of drug-likeness (QED) is 0.838. The molecule has 1 saturated heterocycles. The molecule has 1 aromatic rings. The zero-order valence-corrected chi connectivity index (χ0v) is 15.0. The molecule has 8 heteroatoms. The van der Waals surface area contributed by atoms with Crippen molar-refractivity contribution in [3.8, 4) is 0 Å². The van der Waals surface area contributed by atoms with E-state index in [-0.39, 0.29) is 12.3 Å². The first-order valence-electron chi connectivity index (χ1n) is 7.60. The van der Waals surface area contributed by atoms with Gasteiger partial charge in [0.05, 0.1) is 18.8 Å². The van der Waals surface area contributed by atoms with Crippen molar-refractivity contribution < 1.29 is 22.7 Å². The Morgan fingerprint density at radius 2 is 1.96 bits per heavy atom. The Balaban J connectivity index is 1.91. The van der Waals surface area contributed by atoms with Gasteiger partial charge in [-0.05, 0) is 52.0 Å². The molecule has 1 N–H and O–H groups in total. The van der Waals surface area contributed by atoms with E-state index in [1.54, 1.807) is 49.3 Å². The van der Waals surface area contributed by atoms with Crippen molar-refractivity contribution in [1.29, 1.82) is 0 Å². The molecule has 2 atom stereocenters. The van der Waals surface area contributed by atoms with Crippen LogP contribution in [0, 0.1) is 0 Å². The molecule has 0 unspecified atom stereocenters. The fourth-order valence-electron chi connectivity index (χ4n) is 2.11. The molecule has 0 spiro atoms. The van der Waals surface area contributed by atoms with E-state index in [9.17, 15) is 13.8 Å². The van der Waals surface area contributed by atoms with E-state index >= 15 is 0 Å². The van der Waals surface area contributed by atoms with Gasteiger partial charge in [-0.25, -0.2) is 9.00 Å². The van der Waals surface area contributed by atoms with Crippen LogP contribution < -0.4 is 9.62 Å². The molecule has 0 bridgehead atoms. The first-order valence-corrected chi connectivity index (χ1v) is 8.63. The highest BCUT2D eigenvalue weighted by Gasteiger charge is 2.31. The zero-order chi connectivity index (χ0) is 17.9. The van der Waals surface area contributed by atoms with Crippen LogP contribution in [0.15, 0.2) is 24.3 Å². The summed E-state index contributed by atoms with van der Waals surface area (Å²) in [6.07, 6.45) is -0.952. The van der Waals surface area contributed by atoms with Gasteiger partial charge in [-0.2, -0.15) is 0 Å². The van der Waals surface area contributed by atoms with Crippen molar-refractivity contribution in [2.24, 2.45) is 0 Å². The van der Waals surface area contributed by atoms with Gasteiger partial charge in [-0.15, -0.1) is 0 Å². The second-order valence-corrected chi connectivity index (χ2v) is 7.55. The van der Waals surface area contributed by atoms with Crippen LogP contribution in [0.1, 0.15) is 38.1 Å². The lowest BCUT2D eigenvalue weighted by Crippen LogP contribution is -2.38. The maximum Gasteiger partial charge on any atom is 0.407 e. The molecular formula is C16H22N2O5S. The number of carbonyl (C=O) groups is 2. The number of hydrogen-bond acceptors (Lipinski definition) is 5. The molecule has 132 valence electrons. The fourth-order valence-corrected chi connectivity index (χ4v) is 3.16. The van der Waals surface area contributed by atoms with Crippen LogP contribution in [0.4, 0.5) is 10.5 Å². The molecule has 7 nitrogen and oxygen atoms in total. The SMILES string of the molecule is CC(=O)c1ccc(N2C[C@H](CNC(=O)OC(C)(C)C)O[S@@]2=O)cc1. The summed E-state index contributed by atoms with van der Waals surface area (Å²) in [5, 5.41) is 2.61. The number of ether oxygens (including phenoxy) is 1. The Bertz CT molecular complexity index is 639. The van der Waals surface area contributed by atoms with Gasteiger partial charge in [-0.1, -0.05) is 0 Å². The first kappa shape index (κ1) is 18.4. The fraction of sp³-hybridized carbons (Fsp3) is 0.500. The summed E-state index contributed by atoms with van der Waals surface area (Å²) >= 11 is -1.64. The molecule has 1 aliphatic rings. The normalized spacial score (nSPS) is 20.8. The Morgan fingerprint density at radius 1 is 1.33 bits per heavy atom. The van der Waals surface area contributed by atoms with Crippen LogP contribution >= 0.6 is 0 Å². The van der Waals surface area contributed by atoms with Crippen LogP contribution in [0.3, 0.4) is 0 Å². The lowest BCUT2D eigenvalue weighted by molar-refractivity contribution is 0.0509. The Kier molecular flexibility index (Phi) is 5.61. The number of amides is 1. The van der Waals surface area contributed by atoms with E-state index < -0.39 is 29.1 Å². The number of nitrogens with zero attached hydrogens (tertiary/aromatic N) is 1. The van der Waals surface area contributed by atoms with E-state index in [1.807, 2.05) is 0 Å². The van der Waals surface area contributed by atoms with Gasteiger partial charge in [0, 0.05) is 5.56 Å². The van der Waals surface area contributed by atoms with E-state index in [2.05, 4.69) is 5.32 Å². The van der Waals surface area contributed by atoms with E-state index in [0.29, 0.717) is 17.8 Å². The Hall–Kier alpha value is -1.93. The van der Waals surface area contributed by atoms with Gasteiger partial charge in [0.25, 0.3) is 11.3 Å². The molecule has 0 aromatic heterocycles. The largest absolute Gasteiger partial charge is 0.444 e. The van der Waals surface area contributed by atoms with E-state index in [1.165, 1.54) is 6.92 Å². The number of carbonyl (C=O) groups excluding carboxylic acids is 2. The van der Waals surface area contributed by atoms with Crippen molar-refractivity contribution in [1.82, 2.24) is 5.32 Å². The summed E-state index contributed by atoms with van der Waals surface area (Å²) in [6, 6.07) is 6.81. The summed E-state index contributed by atoms with van der Waals surface area (Å²) < 4.78 is 24.1. The maximum atomic E-state index is 12.1. The molecule has 1 aliphatic heterocycles. The number of rotatable bonds is 4. The number of anilines is 1. The summed E-state index contributed by atoms with van der Waals surface area (Å²) in [5.41, 5.74) is 0.708. The number of ketones is 1. The highest BCUT2D eigenvalue weighted by molar-refractivity contribution is 7.82. The minimum atomic E-state index is -1.64. The third-order valence-electron chi connectivity index (χ3n) is 3.20. The summed E-state index contributed by atoms with van der Waals surface area (Å²) in [6.45, 7) is 7.38. The van der Waals surface area contributed by atoms with Crippen molar-refractivity contribution in [3.63, 3.8) is 0 Å². The van der Waals surface area contributed by atoms with Crippen molar-refractivity contribution >= 4 is 28.8 Å². The predicted molar refractivity (Wildman–Crippen MR) is 91.0 cm³/mol. The predicted octanol–water partition coefficient (Wildman–Crippen LogP) is 2.20. The monoisotopic (exact) mass is 354 g/mol. The minimum Gasteiger partial charge on any atom is -0.444 e. The minimum absolute atomic E-state index is 0.0280. The summed E-state index contributed by atoms with van der Waals surface area (Å²) in [5.74, 6) is -0.0280. The Labute approximate surface area is 144 Å². The van der Waals surface area contributed by atoms with Gasteiger partial charge in [-0.3, -0.25) is 13.3 Å². The van der Waals surface area contributed by atoms with Gasteiger partial charge < -0.3 is 10.1 Å². The molecular weight excluding hydrogens is 332 g/mol. The van der Waals surface area contributed by atoms with Gasteiger partial charge >= 0.3 is 6.09 Å². The zero-order valence-electron chi connectivity index (χ0n) is 14.2. The molecule has 1 aromatic carbocycles. The lowest BCUT2D eigenvalue weighted by Gasteiger charge is -2.20. The molecule has 0 saturated carbocycles.